The van der Waals surface area contributed by atoms with Gasteiger partial charge in [0.25, 0.3) is 0 Å². The highest BCUT2D eigenvalue weighted by atomic mass is 19.4. The van der Waals surface area contributed by atoms with Gasteiger partial charge in [-0.2, -0.15) is 13.2 Å². The molecule has 1 aromatic rings. The van der Waals surface area contributed by atoms with Gasteiger partial charge in [0.05, 0.1) is 18.6 Å². The van der Waals surface area contributed by atoms with Crippen LogP contribution in [0.15, 0.2) is 18.2 Å². The van der Waals surface area contributed by atoms with Gasteiger partial charge in [0.1, 0.15) is 5.82 Å². The molecule has 8 heteroatoms. The van der Waals surface area contributed by atoms with Crippen molar-refractivity contribution in [3.63, 3.8) is 0 Å². The number of benzene rings is 1. The molecule has 1 unspecified atom stereocenters. The summed E-state index contributed by atoms with van der Waals surface area (Å²) in [7, 11) is 1.18. The molecule has 0 saturated carbocycles. The number of likely N-dealkylation sites (tertiary alicyclic amines) is 1. The summed E-state index contributed by atoms with van der Waals surface area (Å²) in [5, 5.41) is 0. The van der Waals surface area contributed by atoms with Crippen LogP contribution in [-0.2, 0) is 27.0 Å². The van der Waals surface area contributed by atoms with E-state index < -0.39 is 35.4 Å². The maximum atomic E-state index is 13.7. The lowest BCUT2D eigenvalue weighted by molar-refractivity contribution is -0.145. The first kappa shape index (κ1) is 16.3. The molecule has 1 aliphatic rings. The van der Waals surface area contributed by atoms with Crippen LogP contribution in [0.3, 0.4) is 0 Å². The van der Waals surface area contributed by atoms with E-state index in [1.807, 2.05) is 0 Å². The molecule has 1 amide bonds. The number of hydrogen-bond acceptors (Lipinski definition) is 3. The number of amides is 1. The Morgan fingerprint density at radius 2 is 2.09 bits per heavy atom. The number of methoxy groups -OCH3 is 1. The predicted octanol–water partition coefficient (Wildman–Crippen LogP) is 2.37. The highest BCUT2D eigenvalue weighted by molar-refractivity contribution is 5.86. The fourth-order valence-corrected chi connectivity index (χ4v) is 2.33. The minimum atomic E-state index is -4.59. The molecule has 22 heavy (non-hydrogen) atoms. The summed E-state index contributed by atoms with van der Waals surface area (Å²) in [6.45, 7) is -0.316. The Labute approximate surface area is 123 Å². The van der Waals surface area contributed by atoms with Crippen LogP contribution < -0.4 is 0 Å². The number of carbonyl (C=O) groups excluding carboxylic acids is 2. The fourth-order valence-electron chi connectivity index (χ4n) is 2.33. The summed E-state index contributed by atoms with van der Waals surface area (Å²) >= 11 is 0. The summed E-state index contributed by atoms with van der Waals surface area (Å²) in [6, 6.07) is 2.03. The van der Waals surface area contributed by atoms with Crippen molar-refractivity contribution in [2.24, 2.45) is 5.92 Å². The Morgan fingerprint density at radius 1 is 1.41 bits per heavy atom. The minimum Gasteiger partial charge on any atom is -0.469 e. The molecule has 0 bridgehead atoms. The number of rotatable bonds is 3. The zero-order valence-corrected chi connectivity index (χ0v) is 11.6. The van der Waals surface area contributed by atoms with Crippen molar-refractivity contribution in [1.29, 1.82) is 0 Å². The summed E-state index contributed by atoms with van der Waals surface area (Å²) in [5.74, 6) is -2.50. The van der Waals surface area contributed by atoms with Gasteiger partial charge in [0.15, 0.2) is 0 Å². The van der Waals surface area contributed by atoms with E-state index in [-0.39, 0.29) is 25.1 Å². The Bertz CT molecular complexity index is 600. The van der Waals surface area contributed by atoms with Crippen molar-refractivity contribution in [2.75, 3.05) is 13.7 Å². The average Bonchev–Trinajstić information content (AvgIpc) is 2.80. The second-order valence-electron chi connectivity index (χ2n) is 5.00. The first-order valence-corrected chi connectivity index (χ1v) is 6.43. The molecule has 1 atom stereocenters. The van der Waals surface area contributed by atoms with E-state index in [0.29, 0.717) is 12.1 Å². The van der Waals surface area contributed by atoms with Crippen LogP contribution in [0.5, 0.6) is 0 Å². The summed E-state index contributed by atoms with van der Waals surface area (Å²) in [5.41, 5.74) is -1.23. The molecule has 1 aliphatic heterocycles. The molecular formula is C14H13F4NO3. The van der Waals surface area contributed by atoms with Gasteiger partial charge in [0.2, 0.25) is 5.91 Å². The molecule has 0 spiro atoms. The largest absolute Gasteiger partial charge is 0.469 e. The molecule has 1 aromatic carbocycles. The van der Waals surface area contributed by atoms with Crippen molar-refractivity contribution in [2.45, 2.75) is 19.1 Å². The van der Waals surface area contributed by atoms with Gasteiger partial charge in [-0.15, -0.1) is 0 Å². The van der Waals surface area contributed by atoms with Gasteiger partial charge in [-0.1, -0.05) is 0 Å². The van der Waals surface area contributed by atoms with E-state index in [1.54, 1.807) is 0 Å². The lowest BCUT2D eigenvalue weighted by atomic mass is 10.1. The minimum absolute atomic E-state index is 0.00118. The van der Waals surface area contributed by atoms with E-state index in [1.165, 1.54) is 7.11 Å². The lowest BCUT2D eigenvalue weighted by Gasteiger charge is -2.18. The third-order valence-electron chi connectivity index (χ3n) is 3.48. The molecule has 120 valence electrons. The molecule has 0 radical (unpaired) electrons. The molecule has 4 nitrogen and oxygen atoms in total. The van der Waals surface area contributed by atoms with Crippen molar-refractivity contribution >= 4 is 11.9 Å². The van der Waals surface area contributed by atoms with Gasteiger partial charge < -0.3 is 9.64 Å². The van der Waals surface area contributed by atoms with Crippen LogP contribution in [-0.4, -0.2) is 30.4 Å². The second-order valence-corrected chi connectivity index (χ2v) is 5.00. The Hall–Kier alpha value is -2.12. The fraction of sp³-hybridized carbons (Fsp3) is 0.429. The van der Waals surface area contributed by atoms with E-state index in [2.05, 4.69) is 4.74 Å². The third-order valence-corrected chi connectivity index (χ3v) is 3.48. The van der Waals surface area contributed by atoms with Crippen LogP contribution in [0.4, 0.5) is 17.6 Å². The SMILES string of the molecule is COC(=O)C1CC(=O)N(Cc2cc(C(F)(F)F)ccc2F)C1. The third kappa shape index (κ3) is 3.37. The molecule has 2 rings (SSSR count). The molecule has 1 fully saturated rings. The van der Waals surface area contributed by atoms with E-state index in [4.69, 9.17) is 0 Å². The van der Waals surface area contributed by atoms with E-state index in [9.17, 15) is 27.2 Å². The number of hydrogen-bond donors (Lipinski definition) is 0. The predicted molar refractivity (Wildman–Crippen MR) is 66.9 cm³/mol. The Kier molecular flexibility index (Phi) is 4.39. The van der Waals surface area contributed by atoms with Gasteiger partial charge in [0, 0.05) is 25.1 Å². The van der Waals surface area contributed by atoms with Crippen molar-refractivity contribution < 1.29 is 31.9 Å². The average molecular weight is 319 g/mol. The highest BCUT2D eigenvalue weighted by Crippen LogP contribution is 2.31. The molecule has 0 N–H and O–H groups in total. The normalized spacial score (nSPS) is 18.7. The summed E-state index contributed by atoms with van der Waals surface area (Å²) in [4.78, 5) is 24.3. The van der Waals surface area contributed by atoms with Gasteiger partial charge >= 0.3 is 12.1 Å². The monoisotopic (exact) mass is 319 g/mol. The smallest absolute Gasteiger partial charge is 0.416 e. The maximum absolute atomic E-state index is 13.7. The van der Waals surface area contributed by atoms with Crippen LogP contribution in [0.2, 0.25) is 0 Å². The van der Waals surface area contributed by atoms with Crippen molar-refractivity contribution in [3.05, 3.63) is 35.1 Å². The van der Waals surface area contributed by atoms with Gasteiger partial charge in [-0.25, -0.2) is 4.39 Å². The molecule has 0 aliphatic carbocycles. The quantitative estimate of drug-likeness (QED) is 0.635. The number of halogens is 4. The molecule has 1 heterocycles. The zero-order valence-electron chi connectivity index (χ0n) is 11.6. The van der Waals surface area contributed by atoms with Gasteiger partial charge in [-0.3, -0.25) is 9.59 Å². The number of ether oxygens (including phenoxy) is 1. The van der Waals surface area contributed by atoms with Crippen LogP contribution in [0.25, 0.3) is 0 Å². The van der Waals surface area contributed by atoms with Crippen molar-refractivity contribution in [1.82, 2.24) is 4.90 Å². The summed E-state index contributed by atoms with van der Waals surface area (Å²) < 4.78 is 56.1. The topological polar surface area (TPSA) is 46.6 Å². The highest BCUT2D eigenvalue weighted by Gasteiger charge is 2.36. The maximum Gasteiger partial charge on any atom is 0.416 e. The van der Waals surface area contributed by atoms with Crippen molar-refractivity contribution in [3.8, 4) is 0 Å². The zero-order chi connectivity index (χ0) is 16.5. The lowest BCUT2D eigenvalue weighted by Crippen LogP contribution is -2.26. The van der Waals surface area contributed by atoms with Crippen LogP contribution in [0, 0.1) is 11.7 Å². The van der Waals surface area contributed by atoms with E-state index >= 15 is 0 Å². The number of carbonyl (C=O) groups is 2. The van der Waals surface area contributed by atoms with Gasteiger partial charge in [-0.05, 0) is 18.2 Å². The van der Waals surface area contributed by atoms with Crippen LogP contribution >= 0.6 is 0 Å². The number of nitrogens with zero attached hydrogens (tertiary/aromatic N) is 1. The standard InChI is InChI=1S/C14H13F4NO3/c1-22-13(21)9-5-12(20)19(7-9)6-8-4-10(14(16,17)18)2-3-11(8)15/h2-4,9H,5-7H2,1H3. The Morgan fingerprint density at radius 3 is 2.68 bits per heavy atom. The second kappa shape index (κ2) is 5.94. The number of esters is 1. The van der Waals surface area contributed by atoms with Crippen LogP contribution in [0.1, 0.15) is 17.5 Å². The van der Waals surface area contributed by atoms with E-state index in [0.717, 1.165) is 11.0 Å². The summed E-state index contributed by atoms with van der Waals surface area (Å²) in [6.07, 6.45) is -4.68. The molecular weight excluding hydrogens is 306 g/mol. The first-order chi connectivity index (χ1) is 10.2. The molecule has 0 aromatic heterocycles. The Balaban J connectivity index is 2.17. The molecule has 1 saturated heterocycles. The first-order valence-electron chi connectivity index (χ1n) is 6.43. The number of alkyl halides is 3.